The fourth-order valence-corrected chi connectivity index (χ4v) is 9.72. The van der Waals surface area contributed by atoms with E-state index in [1.807, 2.05) is 188 Å². The number of aromatic nitrogens is 4. The first kappa shape index (κ1) is 52.4. The smallest absolute Gasteiger partial charge is 0.264 e. The zero-order valence-corrected chi connectivity index (χ0v) is 44.5. The van der Waals surface area contributed by atoms with Gasteiger partial charge in [-0.25, -0.2) is 9.97 Å². The lowest BCUT2D eigenvalue weighted by Crippen LogP contribution is -2.36. The first-order valence-corrected chi connectivity index (χ1v) is 25.3. The number of hydrogen-bond acceptors (Lipinski definition) is 8. The van der Waals surface area contributed by atoms with Crippen molar-refractivity contribution in [3.8, 4) is 0 Å². The number of rotatable bonds is 2. The van der Waals surface area contributed by atoms with E-state index in [9.17, 15) is 19.2 Å². The molecule has 0 spiro atoms. The van der Waals surface area contributed by atoms with Crippen molar-refractivity contribution < 1.29 is 9.59 Å². The molecule has 8 aromatic carbocycles. The Labute approximate surface area is 426 Å². The number of amides is 2. The molecule has 0 aliphatic carbocycles. The van der Waals surface area contributed by atoms with Crippen LogP contribution >= 0.6 is 0 Å². The number of carbonyl (C=O) groups excluding carboxylic acids is 2. The van der Waals surface area contributed by atoms with Gasteiger partial charge in [0.2, 0.25) is 0 Å². The standard InChI is InChI=1S/2C20H15N3O.C14H11NO2.4C2H6/c1-22(2)16-11-10-13-18-12(16)6-5-7-14(18)20(24)23-17-9-4-3-8-15(17)21-19(13)23;1-22(2)16-11-10-14-18-12(16)6-5-7-13(18)19-21-15-8-3-4-9-17(15)23(19)20(14)24;1-8-6-7-11-12-9(8)4-3-5-10(12)13(16)15(2)14(11)17;4*1-2/h2*3-11H,1-2H3;3-7H,1-2H3;4*1-2H3. The normalized spacial score (nSPS) is 11.6. The van der Waals surface area contributed by atoms with Gasteiger partial charge in [0.15, 0.2) is 0 Å². The first-order valence-electron chi connectivity index (χ1n) is 25.3. The molecular weight excluding hydrogens is 907 g/mol. The quantitative estimate of drug-likeness (QED) is 0.157. The van der Waals surface area contributed by atoms with Gasteiger partial charge in [-0.3, -0.25) is 32.9 Å². The van der Waals surface area contributed by atoms with Crippen molar-refractivity contribution in [2.45, 2.75) is 62.3 Å². The second-order valence-electron chi connectivity index (χ2n) is 17.0. The summed E-state index contributed by atoms with van der Waals surface area (Å²) in [5.74, 6) is -0.447. The number of benzene rings is 8. The van der Waals surface area contributed by atoms with Crippen molar-refractivity contribution in [3.63, 3.8) is 0 Å². The average Bonchev–Trinajstić information content (AvgIpc) is 4.03. The van der Waals surface area contributed by atoms with E-state index in [-0.39, 0.29) is 22.9 Å². The summed E-state index contributed by atoms with van der Waals surface area (Å²) in [6, 6.07) is 45.1. The molecule has 0 N–H and O–H groups in total. The van der Waals surface area contributed by atoms with Gasteiger partial charge in [-0.2, -0.15) is 0 Å². The van der Waals surface area contributed by atoms with Crippen molar-refractivity contribution >= 4 is 110 Å². The van der Waals surface area contributed by atoms with Crippen molar-refractivity contribution in [3.05, 3.63) is 177 Å². The monoisotopic (exact) mass is 972 g/mol. The fraction of sp³-hybridized carbons (Fsp3) is 0.226. The van der Waals surface area contributed by atoms with Gasteiger partial charge in [0.25, 0.3) is 22.9 Å². The highest BCUT2D eigenvalue weighted by Gasteiger charge is 2.30. The predicted octanol–water partition coefficient (Wildman–Crippen LogP) is 13.8. The van der Waals surface area contributed by atoms with E-state index in [1.165, 1.54) is 11.9 Å². The van der Waals surface area contributed by atoms with Gasteiger partial charge >= 0.3 is 0 Å². The summed E-state index contributed by atoms with van der Waals surface area (Å²) >= 11 is 0. The van der Waals surface area contributed by atoms with E-state index in [0.717, 1.165) is 104 Å². The Hall–Kier alpha value is -8.44. The highest BCUT2D eigenvalue weighted by atomic mass is 16.2. The van der Waals surface area contributed by atoms with Crippen LogP contribution in [0.25, 0.3) is 87.2 Å². The van der Waals surface area contributed by atoms with Crippen LogP contribution in [0.4, 0.5) is 11.4 Å². The van der Waals surface area contributed by atoms with Gasteiger partial charge in [-0.15, -0.1) is 0 Å². The van der Waals surface area contributed by atoms with Crippen LogP contribution in [0.3, 0.4) is 0 Å². The SMILES string of the molecule is CC.CC.CC.CC.CN(C)c1ccc2c(=O)n3c4ccccc4nc3c3cccc1c23.CN(C)c1ccc2c3c1cccc3c(=O)n1c3ccccc3nc21.Cc1ccc2c3c(cccc13)C(=O)N(C)C2=O. The molecule has 0 bridgehead atoms. The minimum absolute atomic E-state index is 0.00675. The molecule has 0 radical (unpaired) electrons. The number of pyridine rings is 2. The van der Waals surface area contributed by atoms with E-state index >= 15 is 0 Å². The zero-order chi connectivity index (χ0) is 53.0. The van der Waals surface area contributed by atoms with Crippen LogP contribution in [0.5, 0.6) is 0 Å². The van der Waals surface area contributed by atoms with Crippen LogP contribution in [0.1, 0.15) is 81.7 Å². The second kappa shape index (κ2) is 21.9. The lowest BCUT2D eigenvalue weighted by molar-refractivity contribution is 0.0650. The summed E-state index contributed by atoms with van der Waals surface area (Å²) in [6.45, 7) is 18.0. The Balaban J connectivity index is 0.000000152. The van der Waals surface area contributed by atoms with Crippen molar-refractivity contribution in [2.24, 2.45) is 0 Å². The largest absolute Gasteiger partial charge is 0.377 e. The molecule has 11 heteroatoms. The number of imide groups is 1. The van der Waals surface area contributed by atoms with Crippen molar-refractivity contribution in [1.29, 1.82) is 0 Å². The third kappa shape index (κ3) is 8.68. The predicted molar refractivity (Wildman–Crippen MR) is 309 cm³/mol. The third-order valence-corrected chi connectivity index (χ3v) is 12.8. The number of fused-ring (bicyclic) bond motifs is 8. The Bertz CT molecular complexity index is 3920. The number of anilines is 2. The molecule has 11 nitrogen and oxygen atoms in total. The number of nitrogens with zero attached hydrogens (tertiary/aromatic N) is 7. The highest BCUT2D eigenvalue weighted by molar-refractivity contribution is 6.26. The van der Waals surface area contributed by atoms with E-state index in [0.29, 0.717) is 11.1 Å². The summed E-state index contributed by atoms with van der Waals surface area (Å²) < 4.78 is 3.48. The fourth-order valence-electron chi connectivity index (χ4n) is 9.72. The number of para-hydroxylation sites is 4. The average molecular weight is 972 g/mol. The summed E-state index contributed by atoms with van der Waals surface area (Å²) in [7, 11) is 9.59. The molecule has 2 amide bonds. The molecule has 1 aliphatic rings. The molecular formula is C62H65N7O4. The zero-order valence-electron chi connectivity index (χ0n) is 44.5. The molecule has 1 aliphatic heterocycles. The van der Waals surface area contributed by atoms with E-state index < -0.39 is 0 Å². The van der Waals surface area contributed by atoms with Gasteiger partial charge in [-0.1, -0.05) is 128 Å². The van der Waals surface area contributed by atoms with Gasteiger partial charge in [-0.05, 0) is 84.6 Å². The van der Waals surface area contributed by atoms with Gasteiger partial charge in [0.1, 0.15) is 11.3 Å². The minimum atomic E-state index is -0.223. The maximum absolute atomic E-state index is 13.2. The summed E-state index contributed by atoms with van der Waals surface area (Å²) in [5.41, 5.74) is 9.37. The van der Waals surface area contributed by atoms with Crippen LogP contribution < -0.4 is 20.9 Å². The number of aryl methyl sites for hydroxylation is 1. The molecule has 5 heterocycles. The summed E-state index contributed by atoms with van der Waals surface area (Å²) in [5, 5.41) is 9.44. The number of imidazole rings is 2. The summed E-state index contributed by atoms with van der Waals surface area (Å²) in [4.78, 5) is 65.2. The van der Waals surface area contributed by atoms with Crippen LogP contribution in [0.15, 0.2) is 149 Å². The van der Waals surface area contributed by atoms with E-state index in [2.05, 4.69) is 40.1 Å². The summed E-state index contributed by atoms with van der Waals surface area (Å²) in [6.07, 6.45) is 0. The molecule has 372 valence electrons. The van der Waals surface area contributed by atoms with Crippen LogP contribution in [-0.2, 0) is 0 Å². The lowest BCUT2D eigenvalue weighted by atomic mass is 9.92. The van der Waals surface area contributed by atoms with Gasteiger partial charge in [0.05, 0.1) is 22.1 Å². The van der Waals surface area contributed by atoms with Crippen LogP contribution in [-0.4, -0.2) is 70.7 Å². The topological polar surface area (TPSA) is 113 Å². The highest BCUT2D eigenvalue weighted by Crippen LogP contribution is 2.37. The Morgan fingerprint density at radius 1 is 0.384 bits per heavy atom. The second-order valence-corrected chi connectivity index (χ2v) is 17.0. The molecule has 12 aromatic rings. The van der Waals surface area contributed by atoms with Gasteiger partial charge < -0.3 is 9.80 Å². The molecule has 4 aromatic heterocycles. The number of hydrogen-bond donors (Lipinski definition) is 0. The lowest BCUT2D eigenvalue weighted by Gasteiger charge is -2.24. The van der Waals surface area contributed by atoms with E-state index in [4.69, 9.17) is 9.97 Å². The Morgan fingerprint density at radius 2 is 0.767 bits per heavy atom. The molecule has 0 saturated heterocycles. The Morgan fingerprint density at radius 3 is 1.26 bits per heavy atom. The molecule has 0 saturated carbocycles. The van der Waals surface area contributed by atoms with Crippen LogP contribution in [0, 0.1) is 6.92 Å². The van der Waals surface area contributed by atoms with Gasteiger partial charge in [0, 0.05) is 106 Å². The first-order chi connectivity index (χ1) is 35.4. The molecule has 0 fully saturated rings. The minimum Gasteiger partial charge on any atom is -0.377 e. The third-order valence-electron chi connectivity index (χ3n) is 12.8. The van der Waals surface area contributed by atoms with Crippen molar-refractivity contribution in [1.82, 2.24) is 23.7 Å². The molecule has 73 heavy (non-hydrogen) atoms. The Kier molecular flexibility index (Phi) is 15.7. The number of carbonyl (C=O) groups is 2. The molecule has 0 atom stereocenters. The van der Waals surface area contributed by atoms with E-state index in [1.54, 1.807) is 20.9 Å². The maximum atomic E-state index is 13.2. The van der Waals surface area contributed by atoms with Crippen molar-refractivity contribution in [2.75, 3.05) is 45.0 Å². The molecule has 13 rings (SSSR count). The van der Waals surface area contributed by atoms with Crippen LogP contribution in [0.2, 0.25) is 0 Å². The maximum Gasteiger partial charge on any atom is 0.264 e. The molecule has 0 unspecified atom stereocenters.